The topological polar surface area (TPSA) is 103 Å². The normalized spacial score (nSPS) is 16.2. The third-order valence-electron chi connectivity index (χ3n) is 5.33. The third-order valence-corrected chi connectivity index (χ3v) is 5.60. The van der Waals surface area contributed by atoms with Crippen molar-refractivity contribution in [3.63, 3.8) is 0 Å². The molecule has 0 aromatic carbocycles. The molecular formula is C20H22ClN5O3. The number of rotatable bonds is 4. The van der Waals surface area contributed by atoms with Crippen LogP contribution >= 0.6 is 11.6 Å². The maximum atomic E-state index is 13.2. The second-order valence-electron chi connectivity index (χ2n) is 7.08. The van der Waals surface area contributed by atoms with E-state index in [1.807, 2.05) is 11.0 Å². The Balaban J connectivity index is 1.77. The van der Waals surface area contributed by atoms with Gasteiger partial charge in [0.25, 0.3) is 0 Å². The van der Waals surface area contributed by atoms with Gasteiger partial charge in [0, 0.05) is 18.2 Å². The predicted octanol–water partition coefficient (Wildman–Crippen LogP) is 3.20. The summed E-state index contributed by atoms with van der Waals surface area (Å²) in [6.07, 6.45) is 5.69. The summed E-state index contributed by atoms with van der Waals surface area (Å²) in [6.45, 7) is 0.841. The number of hydrogen-bond donors (Lipinski definition) is 1. The number of Topliss-reactive ketones (excluding diaryl/α,β-unsaturated/α-hetero) is 1. The second-order valence-corrected chi connectivity index (χ2v) is 7.43. The first-order valence-electron chi connectivity index (χ1n) is 9.42. The number of ketones is 1. The quantitative estimate of drug-likeness (QED) is 0.599. The first-order valence-corrected chi connectivity index (χ1v) is 9.80. The van der Waals surface area contributed by atoms with E-state index in [1.54, 1.807) is 20.4 Å². The highest BCUT2D eigenvalue weighted by atomic mass is 35.5. The van der Waals surface area contributed by atoms with Crippen molar-refractivity contribution in [2.75, 3.05) is 31.4 Å². The summed E-state index contributed by atoms with van der Waals surface area (Å²) in [5.41, 5.74) is 8.84. The Hall–Kier alpha value is -2.87. The van der Waals surface area contributed by atoms with Gasteiger partial charge in [0.05, 0.1) is 32.7 Å². The molecule has 9 heteroatoms. The highest BCUT2D eigenvalue weighted by Crippen LogP contribution is 2.38. The molecule has 29 heavy (non-hydrogen) atoms. The van der Waals surface area contributed by atoms with Gasteiger partial charge in [0.2, 0.25) is 5.95 Å². The van der Waals surface area contributed by atoms with E-state index in [9.17, 15) is 4.79 Å². The van der Waals surface area contributed by atoms with E-state index in [0.29, 0.717) is 36.0 Å². The number of aromatic nitrogens is 3. The molecule has 2 N–H and O–H groups in total. The molecule has 8 nitrogen and oxygen atoms in total. The minimum Gasteiger partial charge on any atom is -0.493 e. The number of nitrogens with zero attached hydrogens (tertiary/aromatic N) is 4. The van der Waals surface area contributed by atoms with E-state index >= 15 is 0 Å². The Morgan fingerprint density at radius 2 is 1.90 bits per heavy atom. The number of hydrogen-bond acceptors (Lipinski definition) is 8. The molecular weight excluding hydrogens is 394 g/mol. The van der Waals surface area contributed by atoms with Gasteiger partial charge in [0.15, 0.2) is 17.3 Å². The van der Waals surface area contributed by atoms with Gasteiger partial charge < -0.3 is 20.1 Å². The number of pyridine rings is 1. The van der Waals surface area contributed by atoms with Gasteiger partial charge in [0.1, 0.15) is 16.5 Å². The number of carbonyl (C=O) groups excluding carboxylic acids is 1. The van der Waals surface area contributed by atoms with Crippen molar-refractivity contribution in [3.8, 4) is 11.5 Å². The van der Waals surface area contributed by atoms with E-state index in [4.69, 9.17) is 26.8 Å². The minimum absolute atomic E-state index is 0.0313. The number of ether oxygens (including phenoxy) is 2. The number of nitrogen functional groups attached to an aromatic ring is 1. The Bertz CT molecular complexity index is 1000. The van der Waals surface area contributed by atoms with Gasteiger partial charge >= 0.3 is 0 Å². The third kappa shape index (κ3) is 3.60. The molecule has 1 saturated carbocycles. The summed E-state index contributed by atoms with van der Waals surface area (Å²) in [4.78, 5) is 27.9. The lowest BCUT2D eigenvalue weighted by Crippen LogP contribution is -2.36. The molecule has 0 bridgehead atoms. The number of fused-ring (bicyclic) bond motifs is 1. The zero-order valence-electron chi connectivity index (χ0n) is 16.4. The Kier molecular flexibility index (Phi) is 5.27. The molecule has 2 aliphatic rings. The molecule has 0 radical (unpaired) electrons. The van der Waals surface area contributed by atoms with Crippen molar-refractivity contribution in [1.82, 2.24) is 15.0 Å². The van der Waals surface area contributed by atoms with Crippen molar-refractivity contribution in [2.24, 2.45) is 0 Å². The molecule has 0 spiro atoms. The van der Waals surface area contributed by atoms with E-state index in [1.165, 1.54) is 5.57 Å². The first kappa shape index (κ1) is 19.4. The van der Waals surface area contributed by atoms with Crippen LogP contribution in [0.15, 0.2) is 23.4 Å². The van der Waals surface area contributed by atoms with E-state index in [-0.39, 0.29) is 16.9 Å². The van der Waals surface area contributed by atoms with Crippen LogP contribution in [-0.2, 0) is 6.54 Å². The van der Waals surface area contributed by atoms with Gasteiger partial charge in [-0.05, 0) is 25.7 Å². The molecule has 4 rings (SSSR count). The van der Waals surface area contributed by atoms with Gasteiger partial charge in [-0.15, -0.1) is 0 Å². The van der Waals surface area contributed by atoms with E-state index in [2.05, 4.69) is 15.0 Å². The Labute approximate surface area is 173 Å². The standard InChI is InChI=1S/C20H22ClN5O3/c1-28-14-7-12(23-8-15(14)29-2)9-26-10-13(11-5-3-4-6-11)17(27)16-18(21)24-20(22)25-19(16)26/h7-8H,3-6,9-10H2,1-2H3,(H2,22,24,25). The summed E-state index contributed by atoms with van der Waals surface area (Å²) < 4.78 is 10.6. The summed E-state index contributed by atoms with van der Waals surface area (Å²) in [6, 6.07) is 1.81. The van der Waals surface area contributed by atoms with Crippen LogP contribution in [0.3, 0.4) is 0 Å². The first-order chi connectivity index (χ1) is 14.0. The predicted molar refractivity (Wildman–Crippen MR) is 110 cm³/mol. The molecule has 0 amide bonds. The van der Waals surface area contributed by atoms with Crippen LogP contribution in [0, 0.1) is 0 Å². The molecule has 152 valence electrons. The molecule has 3 heterocycles. The molecule has 2 aromatic rings. The SMILES string of the molecule is COc1cnc(CN2CC(=C3CCCC3)C(=O)c3c(Cl)nc(N)nc32)cc1OC. The average molecular weight is 416 g/mol. The molecule has 0 saturated heterocycles. The fourth-order valence-corrected chi connectivity index (χ4v) is 4.17. The van der Waals surface area contributed by atoms with Crippen molar-refractivity contribution >= 4 is 29.2 Å². The largest absolute Gasteiger partial charge is 0.493 e. The fraction of sp³-hybridized carbons (Fsp3) is 0.400. The molecule has 1 aliphatic heterocycles. The maximum Gasteiger partial charge on any atom is 0.223 e. The van der Waals surface area contributed by atoms with Crippen LogP contribution in [0.1, 0.15) is 41.7 Å². The van der Waals surface area contributed by atoms with Gasteiger partial charge in [-0.25, -0.2) is 4.98 Å². The number of anilines is 2. The summed E-state index contributed by atoms with van der Waals surface area (Å²) in [7, 11) is 3.14. The maximum absolute atomic E-state index is 13.2. The van der Waals surface area contributed by atoms with Gasteiger partial charge in [-0.2, -0.15) is 4.98 Å². The fourth-order valence-electron chi connectivity index (χ4n) is 3.92. The lowest BCUT2D eigenvalue weighted by Gasteiger charge is -2.32. The van der Waals surface area contributed by atoms with Crippen LogP contribution in [-0.4, -0.2) is 41.5 Å². The minimum atomic E-state index is -0.0987. The Morgan fingerprint density at radius 1 is 1.17 bits per heavy atom. The summed E-state index contributed by atoms with van der Waals surface area (Å²) in [5.74, 6) is 1.50. The number of methoxy groups -OCH3 is 2. The number of halogens is 1. The summed E-state index contributed by atoms with van der Waals surface area (Å²) in [5, 5.41) is 0.0820. The summed E-state index contributed by atoms with van der Waals surface area (Å²) >= 11 is 6.32. The van der Waals surface area contributed by atoms with Crippen molar-refractivity contribution < 1.29 is 14.3 Å². The van der Waals surface area contributed by atoms with Crippen LogP contribution in [0.5, 0.6) is 11.5 Å². The molecule has 1 aliphatic carbocycles. The number of nitrogens with two attached hydrogens (primary N) is 1. The van der Waals surface area contributed by atoms with Gasteiger partial charge in [-0.1, -0.05) is 17.2 Å². The van der Waals surface area contributed by atoms with E-state index in [0.717, 1.165) is 37.0 Å². The lowest BCUT2D eigenvalue weighted by molar-refractivity contribution is 0.102. The van der Waals surface area contributed by atoms with Gasteiger partial charge in [-0.3, -0.25) is 9.78 Å². The zero-order chi connectivity index (χ0) is 20.5. The molecule has 2 aromatic heterocycles. The Morgan fingerprint density at radius 3 is 2.59 bits per heavy atom. The van der Waals surface area contributed by atoms with Crippen LogP contribution in [0.25, 0.3) is 0 Å². The second kappa shape index (κ2) is 7.87. The van der Waals surface area contributed by atoms with Crippen molar-refractivity contribution in [3.05, 3.63) is 39.8 Å². The molecule has 1 fully saturated rings. The monoisotopic (exact) mass is 415 g/mol. The van der Waals surface area contributed by atoms with Crippen LogP contribution in [0.4, 0.5) is 11.8 Å². The number of carbonyl (C=O) groups is 1. The highest BCUT2D eigenvalue weighted by molar-refractivity contribution is 6.35. The lowest BCUT2D eigenvalue weighted by atomic mass is 9.94. The van der Waals surface area contributed by atoms with E-state index < -0.39 is 0 Å². The highest BCUT2D eigenvalue weighted by Gasteiger charge is 2.34. The zero-order valence-corrected chi connectivity index (χ0v) is 17.1. The van der Waals surface area contributed by atoms with Crippen LogP contribution < -0.4 is 20.1 Å². The molecule has 0 atom stereocenters. The van der Waals surface area contributed by atoms with Crippen molar-refractivity contribution in [2.45, 2.75) is 32.2 Å². The van der Waals surface area contributed by atoms with Crippen molar-refractivity contribution in [1.29, 1.82) is 0 Å². The smallest absolute Gasteiger partial charge is 0.223 e. The van der Waals surface area contributed by atoms with Crippen LogP contribution in [0.2, 0.25) is 5.15 Å². The average Bonchev–Trinajstić information content (AvgIpc) is 3.24. The number of allylic oxidation sites excluding steroid dienone is 1. The molecule has 0 unspecified atom stereocenters.